The normalized spacial score (nSPS) is 11.7. The average Bonchev–Trinajstić information content (AvgIpc) is 3.96. The Kier molecular flexibility index (Phi) is 14.2. The fraction of sp³-hybridized carbons (Fsp3) is 0. The molecular formula is C45B29N5. The Morgan fingerprint density at radius 2 is 0.329 bits per heavy atom. The minimum absolute atomic E-state index is 0.0220. The highest BCUT2D eigenvalue weighted by molar-refractivity contribution is 6.75. The van der Waals surface area contributed by atoms with Gasteiger partial charge in [0.2, 0.25) is 0 Å². The van der Waals surface area contributed by atoms with Crippen LogP contribution in [0.15, 0.2) is 0 Å². The van der Waals surface area contributed by atoms with Gasteiger partial charge in [-0.2, -0.15) is 0 Å². The van der Waals surface area contributed by atoms with Crippen LogP contribution in [0.5, 0.6) is 0 Å². The van der Waals surface area contributed by atoms with Crippen LogP contribution >= 0.6 is 0 Å². The third-order valence-electron chi connectivity index (χ3n) is 14.6. The van der Waals surface area contributed by atoms with Crippen molar-refractivity contribution in [3.63, 3.8) is 0 Å². The molecule has 0 N–H and O–H groups in total. The molecular weight excluding hydrogens is 924 g/mol. The second-order valence-electron chi connectivity index (χ2n) is 18.7. The molecule has 0 atom stereocenters. The highest BCUT2D eigenvalue weighted by Gasteiger charge is 2.31. The van der Waals surface area contributed by atoms with Gasteiger partial charge in [0.25, 0.3) is 0 Å². The molecule has 3 heterocycles. The van der Waals surface area contributed by atoms with Crippen molar-refractivity contribution in [2.75, 3.05) is 0 Å². The quantitative estimate of drug-likeness (QED) is 0.162. The maximum atomic E-state index is 7.39. The summed E-state index contributed by atoms with van der Waals surface area (Å²) in [4.78, 5) is 14.0. The summed E-state index contributed by atoms with van der Waals surface area (Å²) in [6.45, 7) is 0. The number of hydrogen-bond acceptors (Lipinski definition) is 3. The van der Waals surface area contributed by atoms with Gasteiger partial charge in [-0.25, -0.2) is 15.0 Å². The Bertz CT molecular complexity index is 4290. The van der Waals surface area contributed by atoms with Crippen LogP contribution in [0.4, 0.5) is 0 Å². The van der Waals surface area contributed by atoms with Crippen LogP contribution in [0.3, 0.4) is 0 Å². The van der Waals surface area contributed by atoms with E-state index in [4.69, 9.17) is 228 Å². The number of fused-ring (bicyclic) bond motifs is 6. The fourth-order valence-corrected chi connectivity index (χ4v) is 10.3. The van der Waals surface area contributed by atoms with Crippen LogP contribution < -0.4 is 158 Å². The van der Waals surface area contributed by atoms with Gasteiger partial charge < -0.3 is 9.13 Å². The lowest BCUT2D eigenvalue weighted by molar-refractivity contribution is 1.08. The van der Waals surface area contributed by atoms with Gasteiger partial charge >= 0.3 is 0 Å². The number of benzene rings is 7. The predicted molar refractivity (Wildman–Crippen MR) is 361 cm³/mol. The Morgan fingerprint density at radius 1 is 0.165 bits per heavy atom. The summed E-state index contributed by atoms with van der Waals surface area (Å²) in [6.07, 6.45) is 0. The van der Waals surface area contributed by atoms with E-state index in [1.54, 1.807) is 0 Å². The maximum absolute atomic E-state index is 7.39. The van der Waals surface area contributed by atoms with E-state index in [9.17, 15) is 0 Å². The van der Waals surface area contributed by atoms with Crippen LogP contribution in [0.1, 0.15) is 0 Å². The standard InChI is InChI=1S/C45B29N5/c46-8-1-2-9(47)19(57)28(66)33(71)38(2)78(37(1)32(70)27(65)18(8)56)41-17(55)4-3-10(48)20(58)29(67)34(72)39(3)79(40(4)35(73)36(41)74)42-30(68)15(53)7(16(54)31(42)69)45-76-43(5-11(49)21(59)25(63)22(60)12(5)50)75-44(77-45)6-13(51)23(61)26(64)24(62)14(6)52. The van der Waals surface area contributed by atoms with E-state index in [1.807, 2.05) is 0 Å². The SMILES string of the molecule is [B]c1c([B])c([B])c(-c2nc(-c3c([B])c([B])c([B])c([B])c3[B])nc(-c3c([B])c([B])c(-n4c5c([B])c([B])c([B])c([B])c5c5c([B])c(-n6c7c([B])c([B])c([B])c([B])c7c7c([B])c([B])c([B])c([B])c76)c([B])c([B])c54)c([B])c3[B])n2)c([B])c1[B]. The van der Waals surface area contributed by atoms with Crippen LogP contribution in [0, 0.1) is 0 Å². The summed E-state index contributed by atoms with van der Waals surface area (Å²) in [5.74, 6) is -0.954. The predicted octanol–water partition coefficient (Wildman–Crippen LogP) is -23.9. The summed E-state index contributed by atoms with van der Waals surface area (Å²) >= 11 is 0. The van der Waals surface area contributed by atoms with Gasteiger partial charge in [-0.3, -0.25) is 0 Å². The van der Waals surface area contributed by atoms with E-state index in [1.165, 1.54) is 9.13 Å². The van der Waals surface area contributed by atoms with Gasteiger partial charge in [0.1, 0.15) is 228 Å². The van der Waals surface area contributed by atoms with E-state index < -0.39 is 0 Å². The molecule has 5 nitrogen and oxygen atoms in total. The molecule has 0 fully saturated rings. The molecule has 0 saturated heterocycles. The Balaban J connectivity index is 1.36. The third-order valence-corrected chi connectivity index (χ3v) is 14.6. The van der Waals surface area contributed by atoms with Crippen molar-refractivity contribution in [1.82, 2.24) is 24.1 Å². The van der Waals surface area contributed by atoms with Crippen molar-refractivity contribution in [3.8, 4) is 45.5 Å². The molecule has 292 valence electrons. The zero-order valence-corrected chi connectivity index (χ0v) is 41.5. The van der Waals surface area contributed by atoms with Gasteiger partial charge in [0.15, 0.2) is 17.5 Å². The van der Waals surface area contributed by atoms with Crippen LogP contribution in [-0.2, 0) is 0 Å². The van der Waals surface area contributed by atoms with E-state index in [0.717, 1.165) is 0 Å². The van der Waals surface area contributed by atoms with Gasteiger partial charge in [-0.15, -0.1) is 65.6 Å². The second kappa shape index (κ2) is 19.6. The molecule has 34 heteroatoms. The molecule has 0 amide bonds. The molecule has 0 spiro atoms. The third kappa shape index (κ3) is 7.68. The molecule has 10 aromatic rings. The number of rotatable bonds is 5. The molecule has 58 radical (unpaired) electrons. The first-order valence-corrected chi connectivity index (χ1v) is 22.8. The van der Waals surface area contributed by atoms with Crippen molar-refractivity contribution >= 4 is 430 Å². The lowest BCUT2D eigenvalue weighted by atomic mass is 9.60. The van der Waals surface area contributed by atoms with E-state index in [-0.39, 0.29) is 248 Å². The number of nitrogens with zero attached hydrogens (tertiary/aromatic N) is 5. The first-order valence-electron chi connectivity index (χ1n) is 22.8. The van der Waals surface area contributed by atoms with Crippen molar-refractivity contribution in [2.45, 2.75) is 0 Å². The van der Waals surface area contributed by atoms with Crippen molar-refractivity contribution in [3.05, 3.63) is 0 Å². The summed E-state index contributed by atoms with van der Waals surface area (Å²) in [5.41, 5.74) is -5.72. The number of hydrogen-bond donors (Lipinski definition) is 0. The summed E-state index contributed by atoms with van der Waals surface area (Å²) in [7, 11) is 194. The molecule has 79 heavy (non-hydrogen) atoms. The molecule has 0 saturated carbocycles. The minimum Gasteiger partial charge on any atom is -0.312 e. The minimum atomic E-state index is -0.350. The van der Waals surface area contributed by atoms with E-state index in [0.29, 0.717) is 0 Å². The van der Waals surface area contributed by atoms with Crippen molar-refractivity contribution in [1.29, 1.82) is 0 Å². The van der Waals surface area contributed by atoms with Gasteiger partial charge in [0, 0.05) is 55.5 Å². The first-order chi connectivity index (χ1) is 36.9. The summed E-state index contributed by atoms with van der Waals surface area (Å²) < 4.78 is 2.78. The van der Waals surface area contributed by atoms with Crippen LogP contribution in [0.2, 0.25) is 0 Å². The van der Waals surface area contributed by atoms with Crippen LogP contribution in [0.25, 0.3) is 89.2 Å². The largest absolute Gasteiger partial charge is 0.312 e. The van der Waals surface area contributed by atoms with Gasteiger partial charge in [-0.05, 0) is 16.2 Å². The van der Waals surface area contributed by atoms with Crippen LogP contribution in [-0.4, -0.2) is 252 Å². The van der Waals surface area contributed by atoms with Crippen molar-refractivity contribution in [2.24, 2.45) is 0 Å². The lowest BCUT2D eigenvalue weighted by Crippen LogP contribution is -2.55. The monoisotopic (exact) mass is 929 g/mol. The van der Waals surface area contributed by atoms with E-state index >= 15 is 0 Å². The van der Waals surface area contributed by atoms with Gasteiger partial charge in [-0.1, -0.05) is 92.9 Å². The van der Waals surface area contributed by atoms with Gasteiger partial charge in [0.05, 0.1) is 0 Å². The molecule has 0 bridgehead atoms. The Hall–Kier alpha value is -4.97. The zero-order valence-electron chi connectivity index (χ0n) is 41.5. The number of aromatic nitrogens is 5. The zero-order chi connectivity index (χ0) is 58.3. The topological polar surface area (TPSA) is 48.5 Å². The highest BCUT2D eigenvalue weighted by atomic mass is 15.0. The Morgan fingerprint density at radius 3 is 0.595 bits per heavy atom. The molecule has 0 unspecified atom stereocenters. The summed E-state index contributed by atoms with van der Waals surface area (Å²) in [5, 5.41) is 0.372. The lowest BCUT2D eigenvalue weighted by Gasteiger charge is -2.27. The average molecular weight is 924 g/mol. The smallest absolute Gasteiger partial charge is 0.162 e. The molecule has 0 aliphatic rings. The fourth-order valence-electron chi connectivity index (χ4n) is 10.3. The summed E-state index contributed by atoms with van der Waals surface area (Å²) in [6, 6.07) is 0. The van der Waals surface area contributed by atoms with E-state index in [2.05, 4.69) is 15.0 Å². The molecule has 0 aliphatic carbocycles. The maximum Gasteiger partial charge on any atom is 0.162 e. The first kappa shape index (κ1) is 57.3. The molecule has 0 aliphatic heterocycles. The second-order valence-corrected chi connectivity index (χ2v) is 18.7. The molecule has 10 rings (SSSR count). The Labute approximate surface area is 495 Å². The van der Waals surface area contributed by atoms with Crippen molar-refractivity contribution < 1.29 is 0 Å². The highest BCUT2D eigenvalue weighted by Crippen LogP contribution is 2.31. The molecule has 3 aromatic heterocycles. The molecule has 7 aromatic carbocycles.